The van der Waals surface area contributed by atoms with E-state index in [9.17, 15) is 9.59 Å². The fourth-order valence-corrected chi connectivity index (χ4v) is 3.20. The Bertz CT molecular complexity index is 854. The van der Waals surface area contributed by atoms with E-state index < -0.39 is 6.09 Å². The summed E-state index contributed by atoms with van der Waals surface area (Å²) in [5, 5.41) is 6.89. The molecule has 29 heavy (non-hydrogen) atoms. The van der Waals surface area contributed by atoms with Crippen molar-refractivity contribution in [2.75, 3.05) is 26.2 Å². The van der Waals surface area contributed by atoms with Crippen molar-refractivity contribution in [1.29, 1.82) is 0 Å². The van der Waals surface area contributed by atoms with Gasteiger partial charge in [-0.1, -0.05) is 6.07 Å². The van der Waals surface area contributed by atoms with Crippen molar-refractivity contribution in [2.24, 2.45) is 0 Å². The Hall–Kier alpha value is -3.43. The second-order valence-electron chi connectivity index (χ2n) is 6.55. The van der Waals surface area contributed by atoms with Crippen molar-refractivity contribution < 1.29 is 28.6 Å². The molecular formula is C19H22N4O6. The molecule has 10 nitrogen and oxygen atoms in total. The molecule has 154 valence electrons. The molecule has 0 spiro atoms. The van der Waals surface area contributed by atoms with Gasteiger partial charge in [-0.15, -0.1) is 0 Å². The summed E-state index contributed by atoms with van der Waals surface area (Å²) >= 11 is 0. The quantitative estimate of drug-likeness (QED) is 0.731. The Labute approximate surface area is 167 Å². The zero-order valence-corrected chi connectivity index (χ0v) is 15.8. The molecule has 2 amide bonds. The molecule has 4 heterocycles. The molecule has 0 saturated carbocycles. The zero-order chi connectivity index (χ0) is 20.6. The monoisotopic (exact) mass is 402 g/mol. The summed E-state index contributed by atoms with van der Waals surface area (Å²) in [5.41, 5.74) is 1.95. The third-order valence-corrected chi connectivity index (χ3v) is 4.65. The first kappa shape index (κ1) is 20.3. The molecule has 1 fully saturated rings. The number of hydrogen-bond acceptors (Lipinski definition) is 7. The van der Waals surface area contributed by atoms with Crippen LogP contribution >= 0.6 is 0 Å². The minimum Gasteiger partial charge on any atom is -0.483 e. The Morgan fingerprint density at radius 1 is 1.31 bits per heavy atom. The van der Waals surface area contributed by atoms with Crippen LogP contribution in [0.2, 0.25) is 0 Å². The third kappa shape index (κ3) is 5.31. The van der Waals surface area contributed by atoms with E-state index in [1.165, 1.54) is 4.90 Å². The first-order valence-corrected chi connectivity index (χ1v) is 9.24. The van der Waals surface area contributed by atoms with Gasteiger partial charge < -0.3 is 19.2 Å². The van der Waals surface area contributed by atoms with Crippen molar-refractivity contribution in [3.05, 3.63) is 47.4 Å². The molecule has 0 aliphatic carbocycles. The molecule has 2 aromatic rings. The molecule has 2 aliphatic rings. The fourth-order valence-electron chi connectivity index (χ4n) is 3.20. The Morgan fingerprint density at radius 3 is 2.83 bits per heavy atom. The smallest absolute Gasteiger partial charge is 0.410 e. The van der Waals surface area contributed by atoms with E-state index in [1.807, 2.05) is 18.3 Å². The van der Waals surface area contributed by atoms with E-state index in [1.54, 1.807) is 11.1 Å². The number of aryl methyl sites for hydroxylation is 2. The Balaban J connectivity index is 0.000000755. The second kappa shape index (κ2) is 9.67. The molecule has 1 saturated heterocycles. The number of pyridine rings is 1. The largest absolute Gasteiger partial charge is 0.483 e. The molecule has 2 aliphatic heterocycles. The van der Waals surface area contributed by atoms with Crippen LogP contribution in [0, 0.1) is 0 Å². The predicted molar refractivity (Wildman–Crippen MR) is 98.9 cm³/mol. The highest BCUT2D eigenvalue weighted by Gasteiger charge is 2.29. The van der Waals surface area contributed by atoms with Gasteiger partial charge in [-0.2, -0.15) is 0 Å². The molecule has 10 heteroatoms. The van der Waals surface area contributed by atoms with Crippen LogP contribution in [-0.4, -0.2) is 69.6 Å². The average molecular weight is 402 g/mol. The van der Waals surface area contributed by atoms with E-state index >= 15 is 0 Å². The highest BCUT2D eigenvalue weighted by Crippen LogP contribution is 2.21. The molecule has 0 atom stereocenters. The van der Waals surface area contributed by atoms with Gasteiger partial charge in [0.1, 0.15) is 24.6 Å². The molecule has 1 N–H and O–H groups in total. The SMILES string of the molecule is O=C(CN1CCOC1=O)N1CCc2oc(CCc3cccnc3)nc2C1.O=CO. The number of amides is 2. The molecule has 0 radical (unpaired) electrons. The maximum Gasteiger partial charge on any atom is 0.410 e. The number of carboxylic acid groups (broad SMARTS) is 1. The van der Waals surface area contributed by atoms with Crippen LogP contribution in [0.3, 0.4) is 0 Å². The lowest BCUT2D eigenvalue weighted by molar-refractivity contribution is -0.132. The normalized spacial score (nSPS) is 15.2. The van der Waals surface area contributed by atoms with Gasteiger partial charge in [0.25, 0.3) is 6.47 Å². The average Bonchev–Trinajstić information content (AvgIpc) is 3.33. The lowest BCUT2D eigenvalue weighted by atomic mass is 10.1. The fraction of sp³-hybridized carbons (Fsp3) is 0.421. The van der Waals surface area contributed by atoms with Crippen molar-refractivity contribution in [3.63, 3.8) is 0 Å². The molecular weight excluding hydrogens is 380 g/mol. The summed E-state index contributed by atoms with van der Waals surface area (Å²) in [6, 6.07) is 3.94. The zero-order valence-electron chi connectivity index (χ0n) is 15.8. The summed E-state index contributed by atoms with van der Waals surface area (Å²) in [6.45, 7) is 1.62. The molecule has 0 unspecified atom stereocenters. The van der Waals surface area contributed by atoms with Crippen LogP contribution in [0.25, 0.3) is 0 Å². The van der Waals surface area contributed by atoms with Crippen LogP contribution in [0.5, 0.6) is 0 Å². The van der Waals surface area contributed by atoms with Gasteiger partial charge in [-0.25, -0.2) is 9.78 Å². The van der Waals surface area contributed by atoms with Crippen molar-refractivity contribution >= 4 is 18.5 Å². The first-order valence-electron chi connectivity index (χ1n) is 9.24. The van der Waals surface area contributed by atoms with Crippen molar-refractivity contribution in [2.45, 2.75) is 25.8 Å². The second-order valence-corrected chi connectivity index (χ2v) is 6.55. The lowest BCUT2D eigenvalue weighted by Crippen LogP contribution is -2.42. The number of fused-ring (bicyclic) bond motifs is 1. The van der Waals surface area contributed by atoms with E-state index in [4.69, 9.17) is 19.1 Å². The highest BCUT2D eigenvalue weighted by molar-refractivity contribution is 5.83. The number of ether oxygens (including phenoxy) is 1. The van der Waals surface area contributed by atoms with Crippen LogP contribution in [-0.2, 0) is 40.1 Å². The Kier molecular flexibility index (Phi) is 6.77. The van der Waals surface area contributed by atoms with Gasteiger partial charge in [-0.05, 0) is 18.1 Å². The molecule has 0 bridgehead atoms. The number of rotatable bonds is 5. The van der Waals surface area contributed by atoms with Gasteiger partial charge in [0.05, 0.1) is 13.1 Å². The van der Waals surface area contributed by atoms with Crippen molar-refractivity contribution in [3.8, 4) is 0 Å². The lowest BCUT2D eigenvalue weighted by Gasteiger charge is -2.26. The number of carbonyl (C=O) groups excluding carboxylic acids is 2. The number of nitrogens with zero attached hydrogens (tertiary/aromatic N) is 4. The van der Waals surface area contributed by atoms with E-state index in [-0.39, 0.29) is 18.9 Å². The number of oxazole rings is 1. The van der Waals surface area contributed by atoms with Gasteiger partial charge in [0.15, 0.2) is 5.89 Å². The number of carbonyl (C=O) groups is 3. The standard InChI is InChI=1S/C18H20N4O4.CH2O2/c23-17(12-22-8-9-25-18(22)24)21-7-5-15-14(11-21)20-16(26-15)4-3-13-2-1-6-19-10-13;2-1-3/h1-2,6,10H,3-5,7-9,11-12H2;1H,(H,2,3). The van der Waals surface area contributed by atoms with Crippen molar-refractivity contribution in [1.82, 2.24) is 19.8 Å². The molecule has 0 aromatic carbocycles. The van der Waals surface area contributed by atoms with E-state index in [0.29, 0.717) is 45.0 Å². The third-order valence-electron chi connectivity index (χ3n) is 4.65. The first-order chi connectivity index (χ1) is 14.1. The van der Waals surface area contributed by atoms with E-state index in [0.717, 1.165) is 23.4 Å². The topological polar surface area (TPSA) is 126 Å². The predicted octanol–water partition coefficient (Wildman–Crippen LogP) is 0.892. The van der Waals surface area contributed by atoms with Crippen LogP contribution in [0.1, 0.15) is 22.9 Å². The summed E-state index contributed by atoms with van der Waals surface area (Å²) in [5.74, 6) is 1.46. The molecule has 2 aromatic heterocycles. The maximum absolute atomic E-state index is 12.4. The number of hydrogen-bond donors (Lipinski definition) is 1. The number of cyclic esters (lactones) is 1. The van der Waals surface area contributed by atoms with Crippen LogP contribution in [0.4, 0.5) is 4.79 Å². The molecule has 4 rings (SSSR count). The summed E-state index contributed by atoms with van der Waals surface area (Å²) in [6.07, 6.45) is 5.33. The summed E-state index contributed by atoms with van der Waals surface area (Å²) in [4.78, 5) is 44.1. The number of aromatic nitrogens is 2. The maximum atomic E-state index is 12.4. The van der Waals surface area contributed by atoms with Crippen LogP contribution < -0.4 is 0 Å². The minimum absolute atomic E-state index is 0.0554. The van der Waals surface area contributed by atoms with Crippen LogP contribution in [0.15, 0.2) is 28.9 Å². The highest BCUT2D eigenvalue weighted by atomic mass is 16.6. The summed E-state index contributed by atoms with van der Waals surface area (Å²) < 4.78 is 10.7. The van der Waals surface area contributed by atoms with Gasteiger partial charge in [-0.3, -0.25) is 19.5 Å². The minimum atomic E-state index is -0.421. The van der Waals surface area contributed by atoms with Gasteiger partial charge in [0.2, 0.25) is 5.91 Å². The van der Waals surface area contributed by atoms with Gasteiger partial charge >= 0.3 is 6.09 Å². The van der Waals surface area contributed by atoms with E-state index in [2.05, 4.69) is 9.97 Å². The van der Waals surface area contributed by atoms with Gasteiger partial charge in [0, 0.05) is 31.8 Å². The Morgan fingerprint density at radius 2 is 2.14 bits per heavy atom. The summed E-state index contributed by atoms with van der Waals surface area (Å²) in [7, 11) is 0.